The van der Waals surface area contributed by atoms with Crippen molar-refractivity contribution in [1.82, 2.24) is 24.6 Å². The Kier molecular flexibility index (Phi) is 6.49. The molecule has 2 unspecified atom stereocenters. The van der Waals surface area contributed by atoms with Gasteiger partial charge in [-0.3, -0.25) is 0 Å². The summed E-state index contributed by atoms with van der Waals surface area (Å²) in [4.78, 5) is 5.90. The van der Waals surface area contributed by atoms with E-state index >= 15 is 4.39 Å². The fourth-order valence-electron chi connectivity index (χ4n) is 4.93. The van der Waals surface area contributed by atoms with Gasteiger partial charge in [0.1, 0.15) is 11.9 Å². The van der Waals surface area contributed by atoms with Gasteiger partial charge in [-0.15, -0.1) is 10.2 Å². The predicted molar refractivity (Wildman–Crippen MR) is 123 cm³/mol. The quantitative estimate of drug-likeness (QED) is 0.399. The molecule has 3 aliphatic rings. The predicted octanol–water partition coefficient (Wildman–Crippen LogP) is 2.60. The summed E-state index contributed by atoms with van der Waals surface area (Å²) in [6.07, 6.45) is 5.07. The lowest BCUT2D eigenvalue weighted by molar-refractivity contribution is -0.0749. The van der Waals surface area contributed by atoms with Crippen LogP contribution in [0, 0.1) is 5.92 Å². The third kappa shape index (κ3) is 4.38. The average Bonchev–Trinajstić information content (AvgIpc) is 3.40. The van der Waals surface area contributed by atoms with Crippen molar-refractivity contribution < 1.29 is 23.6 Å². The summed E-state index contributed by atoms with van der Waals surface area (Å²) in [7, 11) is 0.891. The molecule has 6 rings (SSSR count). The summed E-state index contributed by atoms with van der Waals surface area (Å²) in [6.45, 7) is 2.38. The number of nitrogens with zero attached hydrogens (tertiary/aromatic N) is 5. The molecular weight excluding hydrogens is 440 g/mol. The van der Waals surface area contributed by atoms with Gasteiger partial charge < -0.3 is 28.6 Å². The van der Waals surface area contributed by atoms with Crippen LogP contribution < -0.4 is 9.47 Å². The van der Waals surface area contributed by atoms with Gasteiger partial charge in [-0.2, -0.15) is 0 Å². The van der Waals surface area contributed by atoms with Crippen molar-refractivity contribution in [2.45, 2.75) is 38.0 Å². The van der Waals surface area contributed by atoms with Gasteiger partial charge in [0.25, 0.3) is 0 Å². The van der Waals surface area contributed by atoms with Gasteiger partial charge >= 0.3 is 7.05 Å². The molecule has 1 aromatic carbocycles. The molecule has 9 nitrogen and oxygen atoms in total. The van der Waals surface area contributed by atoms with Gasteiger partial charge in [0.15, 0.2) is 13.0 Å². The van der Waals surface area contributed by atoms with E-state index in [9.17, 15) is 5.02 Å². The zero-order chi connectivity index (χ0) is 23.7. The Morgan fingerprint density at radius 2 is 2.09 bits per heavy atom. The van der Waals surface area contributed by atoms with Gasteiger partial charge in [0, 0.05) is 49.2 Å². The standard InChI is InChI=1S/C23H27BFN5O4/c1-24(31)30-12-15-3-7-19(30)22(25)23(15)34-21-8-6-18(27-28-21)17-5-4-16(29-10-9-26-13-29)11-20(17)33-14-32-2/h4-6,8-11,13,15,19,22-23,31H,3,7,12,14H2,1-2H3/t15?,19?,22-,23-/m0/s1. The maximum Gasteiger partial charge on any atom is 0.376 e. The number of piperidine rings is 2. The Bertz CT molecular complexity index is 1100. The zero-order valence-corrected chi connectivity index (χ0v) is 19.1. The van der Waals surface area contributed by atoms with E-state index in [-0.39, 0.29) is 24.6 Å². The first kappa shape index (κ1) is 22.8. The second kappa shape index (κ2) is 9.69. The van der Waals surface area contributed by atoms with Gasteiger partial charge in [0.05, 0.1) is 17.7 Å². The molecule has 3 aromatic rings. The third-order valence-corrected chi connectivity index (χ3v) is 6.60. The number of ether oxygens (including phenoxy) is 3. The van der Waals surface area contributed by atoms with Crippen LogP contribution >= 0.6 is 0 Å². The molecule has 2 saturated heterocycles. The number of rotatable bonds is 8. The van der Waals surface area contributed by atoms with Crippen LogP contribution in [0.15, 0.2) is 49.1 Å². The number of fused-ring (bicyclic) bond motifs is 3. The molecule has 4 atom stereocenters. The molecule has 2 bridgehead atoms. The summed E-state index contributed by atoms with van der Waals surface area (Å²) in [5, 5.41) is 18.5. The van der Waals surface area contributed by atoms with E-state index in [0.717, 1.165) is 24.1 Å². The fourth-order valence-corrected chi connectivity index (χ4v) is 4.93. The maximum atomic E-state index is 15.1. The van der Waals surface area contributed by atoms with Crippen LogP contribution in [0.4, 0.5) is 4.39 Å². The number of imidazole rings is 1. The first-order chi connectivity index (χ1) is 16.5. The number of halogens is 1. The molecule has 1 N–H and O–H groups in total. The molecule has 0 amide bonds. The number of benzene rings is 1. The summed E-state index contributed by atoms with van der Waals surface area (Å²) < 4.78 is 33.8. The number of hydrogen-bond acceptors (Lipinski definition) is 8. The van der Waals surface area contributed by atoms with E-state index in [1.807, 2.05) is 33.8 Å². The Hall–Kier alpha value is -3.02. The van der Waals surface area contributed by atoms with Crippen molar-refractivity contribution in [3.8, 4) is 28.6 Å². The van der Waals surface area contributed by atoms with Crippen molar-refractivity contribution in [1.29, 1.82) is 0 Å². The maximum absolute atomic E-state index is 15.1. The Morgan fingerprint density at radius 1 is 1.21 bits per heavy atom. The Labute approximate surface area is 197 Å². The van der Waals surface area contributed by atoms with Crippen LogP contribution in [-0.2, 0) is 4.74 Å². The minimum Gasteiger partial charge on any atom is -0.470 e. The zero-order valence-electron chi connectivity index (χ0n) is 19.1. The second-order valence-electron chi connectivity index (χ2n) is 8.72. The van der Waals surface area contributed by atoms with Crippen LogP contribution in [0.3, 0.4) is 0 Å². The molecule has 0 spiro atoms. The minimum absolute atomic E-state index is 0.000781. The van der Waals surface area contributed by atoms with Crippen molar-refractivity contribution in [2.24, 2.45) is 5.92 Å². The molecule has 2 aliphatic heterocycles. The largest absolute Gasteiger partial charge is 0.470 e. The molecule has 4 heterocycles. The number of methoxy groups -OCH3 is 1. The van der Waals surface area contributed by atoms with E-state index in [2.05, 4.69) is 15.2 Å². The summed E-state index contributed by atoms with van der Waals surface area (Å²) in [5.41, 5.74) is 2.22. The van der Waals surface area contributed by atoms with Crippen LogP contribution in [0.2, 0.25) is 6.82 Å². The Balaban J connectivity index is 1.34. The van der Waals surface area contributed by atoms with E-state index in [1.165, 1.54) is 0 Å². The first-order valence-corrected chi connectivity index (χ1v) is 11.4. The topological polar surface area (TPSA) is 94.8 Å². The molecule has 1 aliphatic carbocycles. The second-order valence-corrected chi connectivity index (χ2v) is 8.72. The number of hydrogen-bond donors (Lipinski definition) is 1. The molecule has 0 radical (unpaired) electrons. The molecule has 2 aromatic heterocycles. The van der Waals surface area contributed by atoms with Crippen molar-refractivity contribution in [3.63, 3.8) is 0 Å². The highest BCUT2D eigenvalue weighted by molar-refractivity contribution is 6.45. The van der Waals surface area contributed by atoms with Gasteiger partial charge in [0.2, 0.25) is 5.88 Å². The lowest BCUT2D eigenvalue weighted by Gasteiger charge is -2.51. The lowest BCUT2D eigenvalue weighted by Crippen LogP contribution is -2.65. The van der Waals surface area contributed by atoms with E-state index in [1.54, 1.807) is 38.6 Å². The van der Waals surface area contributed by atoms with Gasteiger partial charge in [-0.25, -0.2) is 9.37 Å². The summed E-state index contributed by atoms with van der Waals surface area (Å²) in [5.74, 6) is 0.866. The average molecular weight is 467 g/mol. The Morgan fingerprint density at radius 3 is 2.76 bits per heavy atom. The summed E-state index contributed by atoms with van der Waals surface area (Å²) in [6, 6.07) is 8.86. The van der Waals surface area contributed by atoms with Crippen molar-refractivity contribution >= 4 is 7.05 Å². The van der Waals surface area contributed by atoms with Crippen LogP contribution in [0.1, 0.15) is 12.8 Å². The molecular formula is C23H27BFN5O4. The van der Waals surface area contributed by atoms with Crippen molar-refractivity contribution in [3.05, 3.63) is 49.1 Å². The highest BCUT2D eigenvalue weighted by Gasteiger charge is 2.51. The highest BCUT2D eigenvalue weighted by atomic mass is 19.1. The first-order valence-electron chi connectivity index (χ1n) is 11.4. The van der Waals surface area contributed by atoms with E-state index in [4.69, 9.17) is 14.2 Å². The minimum atomic E-state index is -1.19. The molecule has 3 fully saturated rings. The summed E-state index contributed by atoms with van der Waals surface area (Å²) >= 11 is 0. The number of alkyl halides is 1. The number of aromatic nitrogens is 4. The van der Waals surface area contributed by atoms with Crippen molar-refractivity contribution in [2.75, 3.05) is 20.4 Å². The normalized spacial score (nSPS) is 24.2. The van der Waals surface area contributed by atoms with Gasteiger partial charge in [-0.1, -0.05) is 0 Å². The van der Waals surface area contributed by atoms with Crippen LogP contribution in [0.5, 0.6) is 11.6 Å². The highest BCUT2D eigenvalue weighted by Crippen LogP contribution is 2.39. The molecule has 178 valence electrons. The smallest absolute Gasteiger partial charge is 0.376 e. The third-order valence-electron chi connectivity index (χ3n) is 6.60. The van der Waals surface area contributed by atoms with Crippen LogP contribution in [-0.4, -0.2) is 75.4 Å². The molecule has 34 heavy (non-hydrogen) atoms. The fraction of sp³-hybridized carbons (Fsp3) is 0.435. The van der Waals surface area contributed by atoms with E-state index < -0.39 is 19.3 Å². The molecule has 1 saturated carbocycles. The molecule has 11 heteroatoms. The van der Waals surface area contributed by atoms with Crippen LogP contribution in [0.25, 0.3) is 16.9 Å². The van der Waals surface area contributed by atoms with E-state index in [0.29, 0.717) is 18.0 Å². The monoisotopic (exact) mass is 467 g/mol. The SMILES string of the molecule is COCOc1cc(-n2ccnc2)ccc1-c1ccc(O[C@H]2C3CCC([C@@H]2F)N(B(C)O)C3)nn1. The van der Waals surface area contributed by atoms with Gasteiger partial charge in [-0.05, 0) is 44.4 Å². The lowest BCUT2D eigenvalue weighted by atomic mass is 9.69.